The molecule has 1 amide bonds. The number of aromatic nitrogens is 2. The van der Waals surface area contributed by atoms with Crippen molar-refractivity contribution in [2.45, 2.75) is 24.8 Å². The van der Waals surface area contributed by atoms with Crippen molar-refractivity contribution in [2.75, 3.05) is 25.3 Å². The van der Waals surface area contributed by atoms with E-state index >= 15 is 0 Å². The lowest BCUT2D eigenvalue weighted by Crippen LogP contribution is -2.18. The first-order valence-electron chi connectivity index (χ1n) is 11.8. The summed E-state index contributed by atoms with van der Waals surface area (Å²) in [5, 5.41) is 3.59. The molecule has 39 heavy (non-hydrogen) atoms. The van der Waals surface area contributed by atoms with E-state index in [4.69, 9.17) is 18.9 Å². The molecule has 10 nitrogen and oxygen atoms in total. The maximum atomic E-state index is 13.1. The number of hydrogen-bond donors (Lipinski definition) is 1. The number of aryl methyl sites for hydroxylation is 1. The Hall–Kier alpha value is -4.00. The molecule has 0 saturated carbocycles. The molecule has 2 aromatic heterocycles. The van der Waals surface area contributed by atoms with E-state index in [1.54, 1.807) is 37.6 Å². The average molecular weight is 570 g/mol. The van der Waals surface area contributed by atoms with Gasteiger partial charge in [0.15, 0.2) is 15.0 Å². The Kier molecular flexibility index (Phi) is 8.79. The summed E-state index contributed by atoms with van der Waals surface area (Å²) >= 11 is 1.17. The van der Waals surface area contributed by atoms with Gasteiger partial charge in [-0.2, -0.15) is 0 Å². The maximum absolute atomic E-state index is 13.1. The van der Waals surface area contributed by atoms with Crippen LogP contribution in [0.2, 0.25) is 0 Å². The van der Waals surface area contributed by atoms with Crippen LogP contribution in [0, 0.1) is 6.92 Å². The minimum absolute atomic E-state index is 0.172. The van der Waals surface area contributed by atoms with Gasteiger partial charge < -0.3 is 18.9 Å². The van der Waals surface area contributed by atoms with Crippen LogP contribution in [-0.4, -0.2) is 50.4 Å². The van der Waals surface area contributed by atoms with Gasteiger partial charge in [0.05, 0.1) is 23.9 Å². The molecule has 1 atom stereocenters. The van der Waals surface area contributed by atoms with Crippen LogP contribution in [-0.2, 0) is 14.6 Å². The number of thiazole rings is 1. The minimum atomic E-state index is -3.34. The normalized spacial score (nSPS) is 12.0. The van der Waals surface area contributed by atoms with Crippen molar-refractivity contribution in [1.82, 2.24) is 9.97 Å². The molecule has 12 heteroatoms. The van der Waals surface area contributed by atoms with Crippen molar-refractivity contribution < 1.29 is 32.2 Å². The number of sulfone groups is 1. The Balaban J connectivity index is 1.53. The summed E-state index contributed by atoms with van der Waals surface area (Å²) in [7, 11) is -1.77. The fourth-order valence-electron chi connectivity index (χ4n) is 3.39. The number of nitrogens with one attached hydrogen (secondary N) is 1. The van der Waals surface area contributed by atoms with Crippen molar-refractivity contribution in [3.05, 3.63) is 78.2 Å². The number of benzene rings is 2. The molecule has 0 aliphatic heterocycles. The number of rotatable bonds is 11. The fourth-order valence-corrected chi connectivity index (χ4v) is 4.70. The smallest absolute Gasteiger partial charge is 0.257 e. The molecule has 0 saturated heterocycles. The maximum Gasteiger partial charge on any atom is 0.257 e. The van der Waals surface area contributed by atoms with E-state index < -0.39 is 15.7 Å². The van der Waals surface area contributed by atoms with Crippen LogP contribution in [0.1, 0.15) is 23.0 Å². The van der Waals surface area contributed by atoms with E-state index in [9.17, 15) is 13.2 Å². The number of anilines is 1. The Bertz CT molecular complexity index is 1540. The van der Waals surface area contributed by atoms with Gasteiger partial charge >= 0.3 is 0 Å². The molecule has 2 heterocycles. The molecule has 0 unspecified atom stereocenters. The Morgan fingerprint density at radius 1 is 0.949 bits per heavy atom. The van der Waals surface area contributed by atoms with E-state index in [1.807, 2.05) is 19.9 Å². The van der Waals surface area contributed by atoms with E-state index in [-0.39, 0.29) is 16.6 Å². The summed E-state index contributed by atoms with van der Waals surface area (Å²) < 4.78 is 46.2. The molecule has 0 radical (unpaired) electrons. The summed E-state index contributed by atoms with van der Waals surface area (Å²) in [5.74, 6) is 1.23. The predicted octanol–water partition coefficient (Wildman–Crippen LogP) is 5.50. The zero-order valence-corrected chi connectivity index (χ0v) is 23.3. The first kappa shape index (κ1) is 28.0. The molecule has 0 bridgehead atoms. The summed E-state index contributed by atoms with van der Waals surface area (Å²) in [6.07, 6.45) is 3.97. The number of methoxy groups -OCH3 is 1. The highest BCUT2D eigenvalue weighted by atomic mass is 32.2. The molecule has 204 valence electrons. The molecule has 2 aromatic carbocycles. The zero-order chi connectivity index (χ0) is 28.0. The topological polar surface area (TPSA) is 126 Å². The van der Waals surface area contributed by atoms with E-state index in [0.717, 1.165) is 11.9 Å². The number of nitrogens with zero attached hydrogens (tertiary/aromatic N) is 2. The number of carbonyl (C=O) groups excluding carboxylic acids is 1. The number of carbonyl (C=O) groups is 1. The zero-order valence-electron chi connectivity index (χ0n) is 21.7. The van der Waals surface area contributed by atoms with Gasteiger partial charge in [0.25, 0.3) is 5.91 Å². The van der Waals surface area contributed by atoms with Gasteiger partial charge in [0, 0.05) is 30.7 Å². The van der Waals surface area contributed by atoms with Gasteiger partial charge in [-0.05, 0) is 62.4 Å². The first-order valence-corrected chi connectivity index (χ1v) is 14.5. The van der Waals surface area contributed by atoms with Crippen molar-refractivity contribution in [1.29, 1.82) is 0 Å². The number of hydrogen-bond acceptors (Lipinski definition) is 10. The van der Waals surface area contributed by atoms with Crippen LogP contribution in [0.3, 0.4) is 0 Å². The SMILES string of the molecule is COC[C@H](C)Oc1cc(Oc2ccc(S(C)(=O)=O)cc2)cc(C(=O)Nc2ncc(Oc3ccc(C)nc3)s2)c1. The summed E-state index contributed by atoms with van der Waals surface area (Å²) in [4.78, 5) is 21.7. The Labute approximate surface area is 230 Å². The largest absolute Gasteiger partial charge is 0.488 e. The van der Waals surface area contributed by atoms with Crippen molar-refractivity contribution in [3.8, 4) is 28.1 Å². The van der Waals surface area contributed by atoms with Gasteiger partial charge in [0.2, 0.25) is 5.06 Å². The van der Waals surface area contributed by atoms with Crippen molar-refractivity contribution in [3.63, 3.8) is 0 Å². The lowest BCUT2D eigenvalue weighted by atomic mass is 10.2. The van der Waals surface area contributed by atoms with Crippen LogP contribution in [0.15, 0.2) is 71.9 Å². The van der Waals surface area contributed by atoms with Crippen LogP contribution >= 0.6 is 11.3 Å². The quantitative estimate of drug-likeness (QED) is 0.249. The number of amides is 1. The second-order valence-corrected chi connectivity index (χ2v) is 11.6. The average Bonchev–Trinajstić information content (AvgIpc) is 3.31. The minimum Gasteiger partial charge on any atom is -0.488 e. The van der Waals surface area contributed by atoms with Gasteiger partial charge in [-0.15, -0.1) is 0 Å². The molecule has 0 aliphatic carbocycles. The summed E-state index contributed by atoms with van der Waals surface area (Å²) in [5.41, 5.74) is 1.14. The third-order valence-electron chi connectivity index (χ3n) is 5.18. The van der Waals surface area contributed by atoms with Gasteiger partial charge in [0.1, 0.15) is 29.1 Å². The van der Waals surface area contributed by atoms with Crippen LogP contribution in [0.4, 0.5) is 5.13 Å². The highest BCUT2D eigenvalue weighted by molar-refractivity contribution is 7.90. The van der Waals surface area contributed by atoms with Crippen molar-refractivity contribution >= 4 is 32.2 Å². The number of ether oxygens (including phenoxy) is 4. The first-order chi connectivity index (χ1) is 18.6. The summed E-state index contributed by atoms with van der Waals surface area (Å²) in [6, 6.07) is 14.4. The lowest BCUT2D eigenvalue weighted by molar-refractivity contribution is 0.0916. The van der Waals surface area contributed by atoms with Gasteiger partial charge in [-0.25, -0.2) is 13.4 Å². The molecular weight excluding hydrogens is 542 g/mol. The molecule has 0 aliphatic rings. The van der Waals surface area contributed by atoms with Crippen LogP contribution in [0.5, 0.6) is 28.1 Å². The van der Waals surface area contributed by atoms with Crippen molar-refractivity contribution in [2.24, 2.45) is 0 Å². The molecule has 4 aromatic rings. The molecule has 0 spiro atoms. The molecule has 0 fully saturated rings. The molecule has 1 N–H and O–H groups in total. The van der Waals surface area contributed by atoms with E-state index in [2.05, 4.69) is 15.3 Å². The van der Waals surface area contributed by atoms with E-state index in [0.29, 0.717) is 39.8 Å². The second kappa shape index (κ2) is 12.2. The third-order valence-corrected chi connectivity index (χ3v) is 7.10. The number of pyridine rings is 1. The third kappa shape index (κ3) is 7.99. The Morgan fingerprint density at radius 3 is 2.33 bits per heavy atom. The van der Waals surface area contributed by atoms with Gasteiger partial charge in [-0.3, -0.25) is 15.1 Å². The van der Waals surface area contributed by atoms with Gasteiger partial charge in [-0.1, -0.05) is 11.3 Å². The highest BCUT2D eigenvalue weighted by Crippen LogP contribution is 2.32. The summed E-state index contributed by atoms with van der Waals surface area (Å²) in [6.45, 7) is 4.06. The monoisotopic (exact) mass is 569 g/mol. The van der Waals surface area contributed by atoms with E-state index in [1.165, 1.54) is 41.8 Å². The highest BCUT2D eigenvalue weighted by Gasteiger charge is 2.16. The fraction of sp³-hybridized carbons (Fsp3) is 0.222. The predicted molar refractivity (Wildman–Crippen MR) is 147 cm³/mol. The van der Waals surface area contributed by atoms with Crippen LogP contribution in [0.25, 0.3) is 0 Å². The standard InChI is InChI=1S/C27H27N3O7S2/c1-17-5-6-21(14-28-17)37-25-15-29-27(38-25)30-26(31)19-11-22(35-18(2)16-34-3)13-23(12-19)36-20-7-9-24(10-8-20)39(4,32)33/h5-15,18H,16H2,1-4H3,(H,29,30,31)/t18-/m0/s1. The second-order valence-electron chi connectivity index (χ2n) is 8.60. The molecule has 4 rings (SSSR count). The molecular formula is C27H27N3O7S2. The van der Waals surface area contributed by atoms with Crippen LogP contribution < -0.4 is 19.5 Å². The Morgan fingerprint density at radius 2 is 1.67 bits per heavy atom. The lowest BCUT2D eigenvalue weighted by Gasteiger charge is -2.16.